The van der Waals surface area contributed by atoms with Crippen molar-refractivity contribution in [3.8, 4) is 11.5 Å². The molecule has 0 amide bonds. The minimum Gasteiger partial charge on any atom is -0.493 e. The molecule has 1 aromatic rings. The van der Waals surface area contributed by atoms with Crippen LogP contribution in [0.3, 0.4) is 0 Å². The second-order valence-corrected chi connectivity index (χ2v) is 7.62. The molecule has 5 rings (SSSR count). The van der Waals surface area contributed by atoms with Crippen LogP contribution >= 0.6 is 0 Å². The minimum absolute atomic E-state index is 0.0849. The third-order valence-corrected chi connectivity index (χ3v) is 6.90. The molecule has 0 radical (unpaired) electrons. The summed E-state index contributed by atoms with van der Waals surface area (Å²) in [5.41, 5.74) is 0.999. The number of aliphatic hydroxyl groups excluding tert-OH is 1. The van der Waals surface area contributed by atoms with Gasteiger partial charge in [0.05, 0.1) is 24.2 Å². The molecule has 1 saturated heterocycles. The lowest BCUT2D eigenvalue weighted by Crippen LogP contribution is -2.76. The van der Waals surface area contributed by atoms with Crippen molar-refractivity contribution >= 4 is 0 Å². The number of rotatable bonds is 1. The van der Waals surface area contributed by atoms with E-state index in [2.05, 4.69) is 18.0 Å². The summed E-state index contributed by atoms with van der Waals surface area (Å²) in [7, 11) is 3.74. The van der Waals surface area contributed by atoms with Crippen molar-refractivity contribution in [2.24, 2.45) is 0 Å². The Labute approximate surface area is 135 Å². The molecular weight excluding hydrogens is 294 g/mol. The van der Waals surface area contributed by atoms with Gasteiger partial charge in [-0.1, -0.05) is 6.07 Å². The number of hydrogen-bond acceptors (Lipinski definition) is 5. The van der Waals surface area contributed by atoms with Gasteiger partial charge in [-0.25, -0.2) is 0 Å². The van der Waals surface area contributed by atoms with Crippen LogP contribution in [-0.2, 0) is 11.8 Å². The number of ether oxygens (including phenoxy) is 2. The van der Waals surface area contributed by atoms with E-state index in [4.69, 9.17) is 9.47 Å². The van der Waals surface area contributed by atoms with Gasteiger partial charge >= 0.3 is 0 Å². The molecule has 2 aliphatic heterocycles. The number of benzene rings is 1. The van der Waals surface area contributed by atoms with Crippen LogP contribution in [0.1, 0.15) is 30.4 Å². The van der Waals surface area contributed by atoms with E-state index in [0.717, 1.165) is 30.7 Å². The van der Waals surface area contributed by atoms with Crippen LogP contribution in [0.5, 0.6) is 11.5 Å². The van der Waals surface area contributed by atoms with Crippen molar-refractivity contribution in [3.63, 3.8) is 0 Å². The monoisotopic (exact) mass is 317 g/mol. The lowest BCUT2D eigenvalue weighted by atomic mass is 9.49. The Bertz CT molecular complexity index is 692. The van der Waals surface area contributed by atoms with Gasteiger partial charge in [-0.15, -0.1) is 0 Å². The Morgan fingerprint density at radius 2 is 2.17 bits per heavy atom. The number of nitrogens with zero attached hydrogens (tertiary/aromatic N) is 1. The van der Waals surface area contributed by atoms with Crippen molar-refractivity contribution < 1.29 is 19.7 Å². The van der Waals surface area contributed by atoms with Crippen molar-refractivity contribution in [3.05, 3.63) is 23.3 Å². The average molecular weight is 317 g/mol. The summed E-state index contributed by atoms with van der Waals surface area (Å²) in [4.78, 5) is 2.28. The molecule has 1 spiro atoms. The van der Waals surface area contributed by atoms with Crippen LogP contribution in [-0.4, -0.2) is 59.7 Å². The number of likely N-dealkylation sites (N-methyl/N-ethyl adjacent to an activating group) is 1. The summed E-state index contributed by atoms with van der Waals surface area (Å²) < 4.78 is 11.8. The van der Waals surface area contributed by atoms with Crippen LogP contribution in [0.25, 0.3) is 0 Å². The van der Waals surface area contributed by atoms with Gasteiger partial charge in [0, 0.05) is 11.6 Å². The van der Waals surface area contributed by atoms with E-state index >= 15 is 0 Å². The van der Waals surface area contributed by atoms with Gasteiger partial charge in [0.25, 0.3) is 0 Å². The summed E-state index contributed by atoms with van der Waals surface area (Å²) in [5.74, 6) is 1.46. The molecule has 2 fully saturated rings. The zero-order valence-corrected chi connectivity index (χ0v) is 13.6. The van der Waals surface area contributed by atoms with Crippen LogP contribution in [0.15, 0.2) is 12.1 Å². The van der Waals surface area contributed by atoms with E-state index in [0.29, 0.717) is 18.6 Å². The zero-order chi connectivity index (χ0) is 16.0. The smallest absolute Gasteiger partial charge is 0.166 e. The van der Waals surface area contributed by atoms with Gasteiger partial charge in [0.2, 0.25) is 0 Å². The third-order valence-electron chi connectivity index (χ3n) is 6.90. The SMILES string of the molecule is COc1ccc2c3c1O[C@H]1[C@@H](O)CC[C@@]4(O)C(C2)N(C)CC[C@]314. The molecule has 1 unspecified atom stereocenters. The molecule has 23 heavy (non-hydrogen) atoms. The summed E-state index contributed by atoms with van der Waals surface area (Å²) in [6.07, 6.45) is 1.93. The van der Waals surface area contributed by atoms with Gasteiger partial charge < -0.3 is 24.6 Å². The zero-order valence-electron chi connectivity index (χ0n) is 13.6. The van der Waals surface area contributed by atoms with Gasteiger partial charge in [-0.05, 0) is 50.9 Å². The van der Waals surface area contributed by atoms with Crippen LogP contribution in [0.4, 0.5) is 0 Å². The maximum absolute atomic E-state index is 11.8. The largest absolute Gasteiger partial charge is 0.493 e. The maximum atomic E-state index is 11.8. The molecule has 1 aromatic carbocycles. The van der Waals surface area contributed by atoms with Crippen LogP contribution < -0.4 is 9.47 Å². The van der Waals surface area contributed by atoms with E-state index < -0.39 is 17.1 Å². The van der Waals surface area contributed by atoms with Gasteiger partial charge in [0.1, 0.15) is 6.10 Å². The Hall–Kier alpha value is -1.30. The highest BCUT2D eigenvalue weighted by atomic mass is 16.5. The fraction of sp³-hybridized carbons (Fsp3) is 0.667. The van der Waals surface area contributed by atoms with Gasteiger partial charge in [0.15, 0.2) is 11.5 Å². The Morgan fingerprint density at radius 1 is 1.35 bits per heavy atom. The van der Waals surface area contributed by atoms with Crippen molar-refractivity contribution in [2.75, 3.05) is 20.7 Å². The molecular formula is C18H23NO4. The van der Waals surface area contributed by atoms with Crippen molar-refractivity contribution in [2.45, 2.75) is 54.9 Å². The Balaban J connectivity index is 1.84. The summed E-state index contributed by atoms with van der Waals surface area (Å²) in [6, 6.07) is 4.15. The quantitative estimate of drug-likeness (QED) is 0.804. The molecule has 4 aliphatic rings. The van der Waals surface area contributed by atoms with E-state index in [1.54, 1.807) is 7.11 Å². The van der Waals surface area contributed by atoms with Crippen LogP contribution in [0.2, 0.25) is 0 Å². The molecule has 2 aliphatic carbocycles. The van der Waals surface area contributed by atoms with Gasteiger partial charge in [-0.2, -0.15) is 0 Å². The molecule has 2 N–H and O–H groups in total. The first kappa shape index (κ1) is 14.1. The number of piperidine rings is 1. The standard InChI is InChI=1S/C18H23NO4/c1-19-8-7-17-14-10-3-4-12(22-2)15(14)23-16(17)11(20)5-6-18(17,21)13(19)9-10/h3-4,11,13,16,20-21H,5-9H2,1-2H3/t11-,13?,16-,17-,18+/m0/s1. The van der Waals surface area contributed by atoms with E-state index in [1.807, 2.05) is 6.07 Å². The highest BCUT2D eigenvalue weighted by molar-refractivity contribution is 5.62. The molecule has 5 nitrogen and oxygen atoms in total. The van der Waals surface area contributed by atoms with Crippen molar-refractivity contribution in [1.29, 1.82) is 0 Å². The predicted octanol–water partition coefficient (Wildman–Crippen LogP) is 0.840. The highest BCUT2D eigenvalue weighted by Gasteiger charge is 2.72. The van der Waals surface area contributed by atoms with Crippen molar-refractivity contribution in [1.82, 2.24) is 4.90 Å². The average Bonchev–Trinajstić information content (AvgIpc) is 2.90. The maximum Gasteiger partial charge on any atom is 0.166 e. The lowest BCUT2D eigenvalue weighted by molar-refractivity contribution is -0.204. The predicted molar refractivity (Wildman–Crippen MR) is 84.0 cm³/mol. The molecule has 2 bridgehead atoms. The first-order valence-electron chi connectivity index (χ1n) is 8.50. The Morgan fingerprint density at radius 3 is 2.96 bits per heavy atom. The summed E-state index contributed by atoms with van der Waals surface area (Å²) >= 11 is 0. The molecule has 1 saturated carbocycles. The second kappa shape index (κ2) is 4.21. The number of likely N-dealkylation sites (tertiary alicyclic amines) is 1. The third kappa shape index (κ3) is 1.37. The van der Waals surface area contributed by atoms with E-state index in [-0.39, 0.29) is 12.1 Å². The van der Waals surface area contributed by atoms with Gasteiger partial charge in [-0.3, -0.25) is 0 Å². The fourth-order valence-corrected chi connectivity index (χ4v) is 5.88. The van der Waals surface area contributed by atoms with Crippen LogP contribution in [0, 0.1) is 0 Å². The van der Waals surface area contributed by atoms with E-state index in [9.17, 15) is 10.2 Å². The first-order valence-corrected chi connectivity index (χ1v) is 8.50. The molecule has 2 heterocycles. The Kier molecular flexibility index (Phi) is 2.57. The normalized spacial score (nSPS) is 43.7. The summed E-state index contributed by atoms with van der Waals surface area (Å²) in [6.45, 7) is 0.912. The number of aliphatic hydroxyl groups is 2. The molecule has 124 valence electrons. The first-order chi connectivity index (χ1) is 11.0. The summed E-state index contributed by atoms with van der Waals surface area (Å²) in [5, 5.41) is 22.4. The number of hydrogen-bond donors (Lipinski definition) is 2. The lowest BCUT2D eigenvalue weighted by Gasteiger charge is -2.63. The molecule has 0 aromatic heterocycles. The van der Waals surface area contributed by atoms with E-state index in [1.165, 1.54) is 5.56 Å². The highest BCUT2D eigenvalue weighted by Crippen LogP contribution is 2.65. The second-order valence-electron chi connectivity index (χ2n) is 7.62. The topological polar surface area (TPSA) is 62.2 Å². The fourth-order valence-electron chi connectivity index (χ4n) is 5.88. The number of methoxy groups -OCH3 is 1. The molecule has 5 heteroatoms. The minimum atomic E-state index is -0.839. The molecule has 5 atom stereocenters.